The molecule has 0 aromatic carbocycles. The summed E-state index contributed by atoms with van der Waals surface area (Å²) in [5.74, 6) is 0.689. The van der Waals surface area contributed by atoms with Crippen molar-refractivity contribution in [3.63, 3.8) is 0 Å². The molecular formula is C16H34N2O. The lowest BCUT2D eigenvalue weighted by Gasteiger charge is -2.41. The summed E-state index contributed by atoms with van der Waals surface area (Å²) in [7, 11) is 0. The molecule has 1 fully saturated rings. The fourth-order valence-corrected chi connectivity index (χ4v) is 3.03. The zero-order valence-corrected chi connectivity index (χ0v) is 13.6. The van der Waals surface area contributed by atoms with Gasteiger partial charge in [-0.2, -0.15) is 0 Å². The molecule has 3 unspecified atom stereocenters. The lowest BCUT2D eigenvalue weighted by molar-refractivity contribution is -0.0640. The summed E-state index contributed by atoms with van der Waals surface area (Å²) in [4.78, 5) is 2.55. The van der Waals surface area contributed by atoms with Crippen LogP contribution in [0, 0.1) is 5.92 Å². The van der Waals surface area contributed by atoms with Crippen LogP contribution in [-0.2, 0) is 4.74 Å². The zero-order chi connectivity index (χ0) is 14.3. The average Bonchev–Trinajstić information content (AvgIpc) is 2.40. The fourth-order valence-electron chi connectivity index (χ4n) is 3.03. The Bertz CT molecular complexity index is 233. The van der Waals surface area contributed by atoms with Crippen LogP contribution < -0.4 is 5.32 Å². The van der Waals surface area contributed by atoms with Gasteiger partial charge in [0.15, 0.2) is 0 Å². The summed E-state index contributed by atoms with van der Waals surface area (Å²) >= 11 is 0. The van der Waals surface area contributed by atoms with Crippen molar-refractivity contribution in [3.05, 3.63) is 0 Å². The van der Waals surface area contributed by atoms with E-state index in [9.17, 15) is 0 Å². The maximum absolute atomic E-state index is 6.08. The summed E-state index contributed by atoms with van der Waals surface area (Å²) < 4.78 is 6.08. The molecule has 1 rings (SSSR count). The van der Waals surface area contributed by atoms with Gasteiger partial charge in [0.1, 0.15) is 0 Å². The number of nitrogens with zero attached hydrogens (tertiary/aromatic N) is 1. The summed E-state index contributed by atoms with van der Waals surface area (Å²) in [6.07, 6.45) is 4.08. The van der Waals surface area contributed by atoms with Gasteiger partial charge in [0.05, 0.1) is 12.7 Å². The van der Waals surface area contributed by atoms with Crippen molar-refractivity contribution in [3.8, 4) is 0 Å². The minimum Gasteiger partial charge on any atom is -0.374 e. The molecule has 0 aromatic heterocycles. The third-order valence-electron chi connectivity index (χ3n) is 4.24. The molecule has 3 nitrogen and oxygen atoms in total. The highest BCUT2D eigenvalue weighted by Crippen LogP contribution is 2.20. The van der Waals surface area contributed by atoms with Crippen molar-refractivity contribution < 1.29 is 4.74 Å². The van der Waals surface area contributed by atoms with E-state index in [2.05, 4.69) is 44.8 Å². The lowest BCUT2D eigenvalue weighted by Crippen LogP contribution is -2.56. The van der Waals surface area contributed by atoms with Gasteiger partial charge < -0.3 is 10.1 Å². The van der Waals surface area contributed by atoms with Crippen LogP contribution in [0.15, 0.2) is 0 Å². The topological polar surface area (TPSA) is 24.5 Å². The Morgan fingerprint density at radius 3 is 2.53 bits per heavy atom. The predicted octanol–water partition coefficient (Wildman–Crippen LogP) is 2.90. The molecule has 1 N–H and O–H groups in total. The van der Waals surface area contributed by atoms with Gasteiger partial charge in [-0.25, -0.2) is 0 Å². The second-order valence-electron chi connectivity index (χ2n) is 6.24. The molecule has 0 aliphatic carbocycles. The van der Waals surface area contributed by atoms with Gasteiger partial charge in [0.25, 0.3) is 0 Å². The van der Waals surface area contributed by atoms with E-state index in [0.717, 1.165) is 26.2 Å². The van der Waals surface area contributed by atoms with Crippen LogP contribution in [0.4, 0.5) is 0 Å². The smallest absolute Gasteiger partial charge is 0.0857 e. The molecule has 0 amide bonds. The summed E-state index contributed by atoms with van der Waals surface area (Å²) in [6.45, 7) is 15.6. The minimum absolute atomic E-state index is 0.351. The summed E-state index contributed by atoms with van der Waals surface area (Å²) in [5.41, 5.74) is 0. The van der Waals surface area contributed by atoms with Crippen LogP contribution in [0.2, 0.25) is 0 Å². The van der Waals surface area contributed by atoms with Crippen LogP contribution in [0.5, 0.6) is 0 Å². The molecule has 19 heavy (non-hydrogen) atoms. The van der Waals surface area contributed by atoms with Crippen LogP contribution in [0.25, 0.3) is 0 Å². The number of ether oxygens (including phenoxy) is 1. The highest BCUT2D eigenvalue weighted by atomic mass is 16.5. The molecule has 3 heteroatoms. The van der Waals surface area contributed by atoms with Gasteiger partial charge in [0.2, 0.25) is 0 Å². The molecule has 1 saturated heterocycles. The molecule has 1 aliphatic rings. The van der Waals surface area contributed by atoms with Gasteiger partial charge >= 0.3 is 0 Å². The van der Waals surface area contributed by atoms with Crippen LogP contribution in [0.1, 0.15) is 53.9 Å². The summed E-state index contributed by atoms with van der Waals surface area (Å²) in [5, 5.41) is 3.73. The Kier molecular flexibility index (Phi) is 7.96. The molecule has 0 saturated carbocycles. The first-order valence-electron chi connectivity index (χ1n) is 8.19. The van der Waals surface area contributed by atoms with Crippen LogP contribution >= 0.6 is 0 Å². The van der Waals surface area contributed by atoms with E-state index in [-0.39, 0.29) is 0 Å². The highest BCUT2D eigenvalue weighted by Gasteiger charge is 2.31. The second-order valence-corrected chi connectivity index (χ2v) is 6.24. The number of rotatable bonds is 8. The van der Waals surface area contributed by atoms with E-state index < -0.39 is 0 Å². The molecule has 0 bridgehead atoms. The van der Waals surface area contributed by atoms with Gasteiger partial charge in [-0.1, -0.05) is 27.2 Å². The Balaban J connectivity index is 2.61. The molecule has 114 valence electrons. The number of morpholine rings is 1. The van der Waals surface area contributed by atoms with Crippen molar-refractivity contribution >= 4 is 0 Å². The van der Waals surface area contributed by atoms with E-state index in [1.165, 1.54) is 19.3 Å². The lowest BCUT2D eigenvalue weighted by atomic mass is 9.91. The highest BCUT2D eigenvalue weighted by molar-refractivity contribution is 4.87. The fraction of sp³-hybridized carbons (Fsp3) is 1.00. The van der Waals surface area contributed by atoms with E-state index in [1.54, 1.807) is 0 Å². The maximum atomic E-state index is 6.08. The molecule has 1 heterocycles. The maximum Gasteiger partial charge on any atom is 0.0857 e. The van der Waals surface area contributed by atoms with Crippen LogP contribution in [0.3, 0.4) is 0 Å². The Labute approximate surface area is 120 Å². The van der Waals surface area contributed by atoms with Crippen molar-refractivity contribution in [2.45, 2.75) is 72.1 Å². The number of hydrogen-bond donors (Lipinski definition) is 1. The predicted molar refractivity (Wildman–Crippen MR) is 82.6 cm³/mol. The SMILES string of the molecule is CCCNC(C(C)CCC)C1CN(C(C)C)CCO1. The first-order chi connectivity index (χ1) is 9.10. The van der Waals surface area contributed by atoms with Crippen LogP contribution in [-0.4, -0.2) is 49.3 Å². The van der Waals surface area contributed by atoms with Crippen molar-refractivity contribution in [1.29, 1.82) is 0 Å². The van der Waals surface area contributed by atoms with E-state index in [1.807, 2.05) is 0 Å². The van der Waals surface area contributed by atoms with Crippen molar-refractivity contribution in [2.75, 3.05) is 26.2 Å². The number of hydrogen-bond acceptors (Lipinski definition) is 3. The van der Waals surface area contributed by atoms with E-state index in [4.69, 9.17) is 4.74 Å². The van der Waals surface area contributed by atoms with Crippen molar-refractivity contribution in [1.82, 2.24) is 10.2 Å². The minimum atomic E-state index is 0.351. The first kappa shape index (κ1) is 16.9. The van der Waals surface area contributed by atoms with E-state index in [0.29, 0.717) is 24.1 Å². The molecule has 0 radical (unpaired) electrons. The first-order valence-corrected chi connectivity index (χ1v) is 8.19. The molecular weight excluding hydrogens is 236 g/mol. The number of nitrogens with one attached hydrogen (secondary N) is 1. The molecule has 0 spiro atoms. The zero-order valence-electron chi connectivity index (χ0n) is 13.6. The van der Waals surface area contributed by atoms with Crippen molar-refractivity contribution in [2.24, 2.45) is 5.92 Å². The third-order valence-corrected chi connectivity index (χ3v) is 4.24. The van der Waals surface area contributed by atoms with Gasteiger partial charge in [-0.3, -0.25) is 4.90 Å². The molecule has 3 atom stereocenters. The summed E-state index contributed by atoms with van der Waals surface area (Å²) in [6, 6.07) is 1.13. The van der Waals surface area contributed by atoms with Gasteiger partial charge in [0, 0.05) is 25.2 Å². The standard InChI is InChI=1S/C16H34N2O/c1-6-8-14(5)16(17-9-7-2)15-12-18(13(3)4)10-11-19-15/h13-17H,6-12H2,1-5H3. The normalized spacial score (nSPS) is 24.6. The Hall–Kier alpha value is -0.120. The quantitative estimate of drug-likeness (QED) is 0.734. The second kappa shape index (κ2) is 8.93. The monoisotopic (exact) mass is 270 g/mol. The largest absolute Gasteiger partial charge is 0.374 e. The van der Waals surface area contributed by atoms with Gasteiger partial charge in [-0.15, -0.1) is 0 Å². The molecule has 1 aliphatic heterocycles. The average molecular weight is 270 g/mol. The van der Waals surface area contributed by atoms with E-state index >= 15 is 0 Å². The third kappa shape index (κ3) is 5.41. The Morgan fingerprint density at radius 1 is 1.21 bits per heavy atom. The van der Waals surface area contributed by atoms with Gasteiger partial charge in [-0.05, 0) is 39.2 Å². The molecule has 0 aromatic rings. The Morgan fingerprint density at radius 2 is 1.95 bits per heavy atom.